The van der Waals surface area contributed by atoms with E-state index in [1.807, 2.05) is 39.8 Å². The second kappa shape index (κ2) is 4.26. The van der Waals surface area contributed by atoms with Gasteiger partial charge in [0.25, 0.3) is 0 Å². The van der Waals surface area contributed by atoms with E-state index in [2.05, 4.69) is 20.2 Å². The third-order valence-corrected chi connectivity index (χ3v) is 3.73. The summed E-state index contributed by atoms with van der Waals surface area (Å²) in [4.78, 5) is 6.54. The minimum absolute atomic E-state index is 0.626. The standard InChI is InChI=1S/C14H18N6/c1-7-5-11(16-9(7)3)13-18-19-14(20(13)15)12-6-8(2)10(4)17-12/h5-6,16-17H,15H2,1-4H3. The average Bonchev–Trinajstić information content (AvgIpc) is 3.01. The molecule has 0 aliphatic carbocycles. The summed E-state index contributed by atoms with van der Waals surface area (Å²) in [5, 5.41) is 8.38. The Morgan fingerprint density at radius 1 is 0.850 bits per heavy atom. The highest BCUT2D eigenvalue weighted by atomic mass is 15.4. The first-order valence-electron chi connectivity index (χ1n) is 6.51. The zero-order chi connectivity index (χ0) is 14.4. The predicted molar refractivity (Wildman–Crippen MR) is 78.7 cm³/mol. The fraction of sp³-hybridized carbons (Fsp3) is 0.286. The van der Waals surface area contributed by atoms with Crippen LogP contribution in [0.15, 0.2) is 12.1 Å². The highest BCUT2D eigenvalue weighted by Gasteiger charge is 2.16. The van der Waals surface area contributed by atoms with Gasteiger partial charge in [0.1, 0.15) is 0 Å². The molecule has 20 heavy (non-hydrogen) atoms. The smallest absolute Gasteiger partial charge is 0.199 e. The Bertz CT molecular complexity index is 671. The van der Waals surface area contributed by atoms with Crippen LogP contribution in [0.2, 0.25) is 0 Å². The number of aromatic amines is 2. The van der Waals surface area contributed by atoms with Crippen LogP contribution in [0.3, 0.4) is 0 Å². The zero-order valence-electron chi connectivity index (χ0n) is 12.1. The Morgan fingerprint density at radius 3 is 1.55 bits per heavy atom. The van der Waals surface area contributed by atoms with E-state index in [1.165, 1.54) is 15.8 Å². The van der Waals surface area contributed by atoms with Gasteiger partial charge in [0.2, 0.25) is 0 Å². The van der Waals surface area contributed by atoms with Gasteiger partial charge in [-0.15, -0.1) is 10.2 Å². The first kappa shape index (κ1) is 12.5. The Balaban J connectivity index is 2.08. The number of hydrogen-bond acceptors (Lipinski definition) is 3. The molecule has 0 aliphatic rings. The molecule has 0 bridgehead atoms. The van der Waals surface area contributed by atoms with Crippen molar-refractivity contribution >= 4 is 0 Å². The summed E-state index contributed by atoms with van der Waals surface area (Å²) in [5.74, 6) is 7.39. The quantitative estimate of drug-likeness (QED) is 0.624. The van der Waals surface area contributed by atoms with Gasteiger partial charge in [0.15, 0.2) is 11.6 Å². The largest absolute Gasteiger partial charge is 0.356 e. The van der Waals surface area contributed by atoms with E-state index in [-0.39, 0.29) is 0 Å². The molecular formula is C14H18N6. The van der Waals surface area contributed by atoms with Crippen molar-refractivity contribution in [2.75, 3.05) is 5.84 Å². The molecule has 0 radical (unpaired) electrons. The molecule has 0 aromatic carbocycles. The van der Waals surface area contributed by atoms with Crippen LogP contribution in [0.4, 0.5) is 0 Å². The van der Waals surface area contributed by atoms with E-state index >= 15 is 0 Å². The summed E-state index contributed by atoms with van der Waals surface area (Å²) in [6.45, 7) is 8.14. The number of H-pyrrole nitrogens is 2. The van der Waals surface area contributed by atoms with Crippen molar-refractivity contribution in [2.45, 2.75) is 27.7 Å². The number of hydrogen-bond donors (Lipinski definition) is 3. The van der Waals surface area contributed by atoms with Crippen LogP contribution in [-0.2, 0) is 0 Å². The number of nitrogens with two attached hydrogens (primary N) is 1. The van der Waals surface area contributed by atoms with Gasteiger partial charge in [0, 0.05) is 11.4 Å². The molecule has 0 atom stereocenters. The number of rotatable bonds is 2. The van der Waals surface area contributed by atoms with E-state index in [1.54, 1.807) is 0 Å². The van der Waals surface area contributed by atoms with Gasteiger partial charge in [-0.2, -0.15) is 0 Å². The Labute approximate surface area is 117 Å². The molecule has 0 fully saturated rings. The van der Waals surface area contributed by atoms with Gasteiger partial charge in [-0.1, -0.05) is 0 Å². The molecule has 6 nitrogen and oxygen atoms in total. The third kappa shape index (κ3) is 1.80. The van der Waals surface area contributed by atoms with Crippen LogP contribution in [0, 0.1) is 27.7 Å². The summed E-state index contributed by atoms with van der Waals surface area (Å²) < 4.78 is 1.51. The molecule has 104 valence electrons. The maximum Gasteiger partial charge on any atom is 0.199 e. The summed E-state index contributed by atoms with van der Waals surface area (Å²) in [6, 6.07) is 4.05. The summed E-state index contributed by atoms with van der Waals surface area (Å²) in [7, 11) is 0. The molecule has 6 heteroatoms. The first-order valence-corrected chi connectivity index (χ1v) is 6.51. The van der Waals surface area contributed by atoms with Crippen molar-refractivity contribution in [3.63, 3.8) is 0 Å². The predicted octanol–water partition coefficient (Wildman–Crippen LogP) is 2.22. The monoisotopic (exact) mass is 270 g/mol. The normalized spacial score (nSPS) is 11.2. The molecule has 0 unspecified atom stereocenters. The van der Waals surface area contributed by atoms with Gasteiger partial charge in [-0.25, -0.2) is 4.68 Å². The second-order valence-electron chi connectivity index (χ2n) is 5.20. The Kier molecular flexibility index (Phi) is 2.67. The van der Waals surface area contributed by atoms with Crippen molar-refractivity contribution in [1.29, 1.82) is 0 Å². The lowest BCUT2D eigenvalue weighted by Gasteiger charge is -2.00. The second-order valence-corrected chi connectivity index (χ2v) is 5.20. The van der Waals surface area contributed by atoms with Gasteiger partial charge in [-0.3, -0.25) is 0 Å². The van der Waals surface area contributed by atoms with Crippen molar-refractivity contribution in [2.24, 2.45) is 0 Å². The lowest BCUT2D eigenvalue weighted by molar-refractivity contribution is 0.999. The van der Waals surface area contributed by atoms with Gasteiger partial charge in [-0.05, 0) is 51.0 Å². The molecule has 0 aliphatic heterocycles. The minimum atomic E-state index is 0.626. The fourth-order valence-corrected chi connectivity index (χ4v) is 2.22. The molecule has 0 amide bonds. The highest BCUT2D eigenvalue weighted by molar-refractivity contribution is 5.60. The lowest BCUT2D eigenvalue weighted by atomic mass is 10.3. The molecule has 3 heterocycles. The molecule has 4 N–H and O–H groups in total. The van der Waals surface area contributed by atoms with E-state index in [0.29, 0.717) is 11.6 Å². The number of nitrogens with one attached hydrogen (secondary N) is 2. The first-order chi connectivity index (χ1) is 9.47. The van der Waals surface area contributed by atoms with E-state index in [0.717, 1.165) is 22.8 Å². The van der Waals surface area contributed by atoms with Crippen LogP contribution in [-0.4, -0.2) is 24.8 Å². The Hall–Kier alpha value is -2.50. The average molecular weight is 270 g/mol. The maximum atomic E-state index is 6.14. The van der Waals surface area contributed by atoms with Gasteiger partial charge >= 0.3 is 0 Å². The van der Waals surface area contributed by atoms with E-state index in [9.17, 15) is 0 Å². The number of aryl methyl sites for hydroxylation is 4. The lowest BCUT2D eigenvalue weighted by Crippen LogP contribution is -2.12. The fourth-order valence-electron chi connectivity index (χ4n) is 2.22. The highest BCUT2D eigenvalue weighted by Crippen LogP contribution is 2.24. The Morgan fingerprint density at radius 2 is 1.25 bits per heavy atom. The van der Waals surface area contributed by atoms with Crippen LogP contribution >= 0.6 is 0 Å². The third-order valence-electron chi connectivity index (χ3n) is 3.73. The van der Waals surface area contributed by atoms with Crippen LogP contribution in [0.25, 0.3) is 23.0 Å². The number of nitrogen functional groups attached to an aromatic ring is 1. The zero-order valence-corrected chi connectivity index (χ0v) is 12.1. The van der Waals surface area contributed by atoms with Gasteiger partial charge < -0.3 is 15.8 Å². The van der Waals surface area contributed by atoms with Crippen molar-refractivity contribution < 1.29 is 0 Å². The van der Waals surface area contributed by atoms with Crippen molar-refractivity contribution in [3.05, 3.63) is 34.6 Å². The number of aromatic nitrogens is 5. The minimum Gasteiger partial charge on any atom is -0.356 e. The maximum absolute atomic E-state index is 6.14. The summed E-state index contributed by atoms with van der Waals surface area (Å²) in [5.41, 5.74) is 6.32. The molecule has 0 saturated heterocycles. The van der Waals surface area contributed by atoms with Crippen molar-refractivity contribution in [1.82, 2.24) is 24.8 Å². The molecule has 3 aromatic heterocycles. The summed E-state index contributed by atoms with van der Waals surface area (Å²) in [6.07, 6.45) is 0. The summed E-state index contributed by atoms with van der Waals surface area (Å²) >= 11 is 0. The van der Waals surface area contributed by atoms with Gasteiger partial charge in [0.05, 0.1) is 11.4 Å². The SMILES string of the molecule is Cc1cc(-c2nnc(-c3cc(C)c(C)[nH]3)n2N)[nH]c1C. The molecule has 3 aromatic rings. The molecule has 0 spiro atoms. The molecule has 0 saturated carbocycles. The molecule has 3 rings (SSSR count). The number of nitrogens with zero attached hydrogens (tertiary/aromatic N) is 3. The van der Waals surface area contributed by atoms with E-state index in [4.69, 9.17) is 5.84 Å². The molecular weight excluding hydrogens is 252 g/mol. The van der Waals surface area contributed by atoms with Crippen LogP contribution < -0.4 is 5.84 Å². The topological polar surface area (TPSA) is 88.3 Å². The van der Waals surface area contributed by atoms with Crippen molar-refractivity contribution in [3.8, 4) is 23.0 Å². The van der Waals surface area contributed by atoms with Crippen LogP contribution in [0.5, 0.6) is 0 Å². The van der Waals surface area contributed by atoms with E-state index < -0.39 is 0 Å². The van der Waals surface area contributed by atoms with Crippen LogP contribution in [0.1, 0.15) is 22.5 Å².